The van der Waals surface area contributed by atoms with Crippen molar-refractivity contribution in [2.24, 2.45) is 0 Å². The highest BCUT2D eigenvalue weighted by Crippen LogP contribution is 2.18. The summed E-state index contributed by atoms with van der Waals surface area (Å²) in [5, 5.41) is 11.4. The molecule has 0 bridgehead atoms. The lowest BCUT2D eigenvalue weighted by Gasteiger charge is -2.06. The number of benzene rings is 1. The fraction of sp³-hybridized carbons (Fsp3) is 0.143. The van der Waals surface area contributed by atoms with E-state index in [1.54, 1.807) is 24.3 Å². The zero-order valence-electron chi connectivity index (χ0n) is 10.8. The molecule has 6 nitrogen and oxygen atoms in total. The molecule has 0 radical (unpaired) electrons. The number of carboxylic acids is 1. The summed E-state index contributed by atoms with van der Waals surface area (Å²) in [5.41, 5.74) is 0.465. The number of nitrogens with one attached hydrogen (secondary N) is 1. The van der Waals surface area contributed by atoms with Gasteiger partial charge in [-0.3, -0.25) is 4.79 Å². The SMILES string of the molecule is CCOc1cccc(NC(=O)c2cc(C(=O)O)co2)c1. The van der Waals surface area contributed by atoms with Crippen LogP contribution in [0.15, 0.2) is 41.0 Å². The molecule has 1 amide bonds. The van der Waals surface area contributed by atoms with Gasteiger partial charge in [0, 0.05) is 17.8 Å². The third kappa shape index (κ3) is 3.17. The summed E-state index contributed by atoms with van der Waals surface area (Å²) in [7, 11) is 0. The molecule has 0 aliphatic rings. The summed E-state index contributed by atoms with van der Waals surface area (Å²) in [4.78, 5) is 22.6. The quantitative estimate of drug-likeness (QED) is 0.875. The van der Waals surface area contributed by atoms with Crippen LogP contribution in [0.4, 0.5) is 5.69 Å². The lowest BCUT2D eigenvalue weighted by Crippen LogP contribution is -2.11. The van der Waals surface area contributed by atoms with E-state index in [0.29, 0.717) is 18.0 Å². The predicted molar refractivity (Wildman–Crippen MR) is 71.2 cm³/mol. The van der Waals surface area contributed by atoms with E-state index in [2.05, 4.69) is 5.32 Å². The van der Waals surface area contributed by atoms with Crippen LogP contribution in [0, 0.1) is 0 Å². The Morgan fingerprint density at radius 1 is 1.35 bits per heavy atom. The van der Waals surface area contributed by atoms with Crippen LogP contribution in [0.2, 0.25) is 0 Å². The Morgan fingerprint density at radius 3 is 2.80 bits per heavy atom. The Kier molecular flexibility index (Phi) is 4.05. The van der Waals surface area contributed by atoms with Crippen molar-refractivity contribution in [1.29, 1.82) is 0 Å². The van der Waals surface area contributed by atoms with E-state index in [1.807, 2.05) is 6.92 Å². The first-order valence-corrected chi connectivity index (χ1v) is 5.96. The number of hydrogen-bond donors (Lipinski definition) is 2. The highest BCUT2D eigenvalue weighted by Gasteiger charge is 2.14. The van der Waals surface area contributed by atoms with E-state index in [0.717, 1.165) is 6.26 Å². The normalized spacial score (nSPS) is 10.1. The van der Waals surface area contributed by atoms with Crippen molar-refractivity contribution in [2.75, 3.05) is 11.9 Å². The number of anilines is 1. The van der Waals surface area contributed by atoms with Crippen molar-refractivity contribution in [2.45, 2.75) is 6.92 Å². The van der Waals surface area contributed by atoms with Crippen molar-refractivity contribution < 1.29 is 23.8 Å². The second kappa shape index (κ2) is 5.92. The maximum absolute atomic E-state index is 11.9. The first-order chi connectivity index (χ1) is 9.60. The smallest absolute Gasteiger partial charge is 0.338 e. The van der Waals surface area contributed by atoms with Crippen LogP contribution >= 0.6 is 0 Å². The molecule has 1 aromatic carbocycles. The predicted octanol–water partition coefficient (Wildman–Crippen LogP) is 2.63. The Morgan fingerprint density at radius 2 is 2.15 bits per heavy atom. The lowest BCUT2D eigenvalue weighted by molar-refractivity contribution is 0.0696. The van der Waals surface area contributed by atoms with E-state index in [-0.39, 0.29) is 11.3 Å². The number of hydrogen-bond acceptors (Lipinski definition) is 4. The van der Waals surface area contributed by atoms with E-state index in [9.17, 15) is 9.59 Å². The zero-order valence-corrected chi connectivity index (χ0v) is 10.8. The maximum atomic E-state index is 11.9. The van der Waals surface area contributed by atoms with Gasteiger partial charge in [0.25, 0.3) is 5.91 Å². The van der Waals surface area contributed by atoms with Crippen molar-refractivity contribution in [3.63, 3.8) is 0 Å². The van der Waals surface area contributed by atoms with E-state index in [1.165, 1.54) is 6.07 Å². The third-order valence-corrected chi connectivity index (χ3v) is 2.47. The standard InChI is InChI=1S/C14H13NO5/c1-2-19-11-5-3-4-10(7-11)15-13(16)12-6-9(8-20-12)14(17)18/h3-8H,2H2,1H3,(H,15,16)(H,17,18). The number of carbonyl (C=O) groups excluding carboxylic acids is 1. The zero-order chi connectivity index (χ0) is 14.5. The van der Waals surface area contributed by atoms with E-state index < -0.39 is 11.9 Å². The van der Waals surface area contributed by atoms with Gasteiger partial charge in [0.1, 0.15) is 12.0 Å². The molecule has 1 heterocycles. The number of carboxylic acid groups (broad SMARTS) is 1. The number of rotatable bonds is 5. The summed E-state index contributed by atoms with van der Waals surface area (Å²) in [6.45, 7) is 2.39. The number of furan rings is 1. The molecule has 2 rings (SSSR count). The monoisotopic (exact) mass is 275 g/mol. The third-order valence-electron chi connectivity index (χ3n) is 2.47. The molecule has 20 heavy (non-hydrogen) atoms. The molecule has 2 N–H and O–H groups in total. The van der Waals surface area contributed by atoms with Crippen LogP contribution in [-0.2, 0) is 0 Å². The van der Waals surface area contributed by atoms with E-state index in [4.69, 9.17) is 14.3 Å². The second-order valence-corrected chi connectivity index (χ2v) is 3.92. The lowest BCUT2D eigenvalue weighted by atomic mass is 10.2. The maximum Gasteiger partial charge on any atom is 0.338 e. The minimum absolute atomic E-state index is 0.0655. The van der Waals surface area contributed by atoms with Crippen LogP contribution < -0.4 is 10.1 Å². The highest BCUT2D eigenvalue weighted by molar-refractivity contribution is 6.03. The van der Waals surface area contributed by atoms with Crippen LogP contribution in [0.1, 0.15) is 27.8 Å². The van der Waals surface area contributed by atoms with Crippen LogP contribution in [-0.4, -0.2) is 23.6 Å². The van der Waals surface area contributed by atoms with Gasteiger partial charge in [0.05, 0.1) is 12.2 Å². The molecule has 0 fully saturated rings. The van der Waals surface area contributed by atoms with Crippen molar-refractivity contribution >= 4 is 17.6 Å². The van der Waals surface area contributed by atoms with Gasteiger partial charge in [-0.1, -0.05) is 6.07 Å². The summed E-state index contributed by atoms with van der Waals surface area (Å²) in [6, 6.07) is 8.05. The molecule has 0 saturated carbocycles. The van der Waals surface area contributed by atoms with Gasteiger partial charge in [-0.2, -0.15) is 0 Å². The molecule has 6 heteroatoms. The summed E-state index contributed by atoms with van der Waals surface area (Å²) in [6.07, 6.45) is 1.02. The molecule has 0 unspecified atom stereocenters. The largest absolute Gasteiger partial charge is 0.494 e. The van der Waals surface area contributed by atoms with Gasteiger partial charge >= 0.3 is 5.97 Å². The Balaban J connectivity index is 2.10. The van der Waals surface area contributed by atoms with Crippen molar-refractivity contribution in [3.05, 3.63) is 47.9 Å². The molecule has 1 aromatic heterocycles. The molecular weight excluding hydrogens is 262 g/mol. The second-order valence-electron chi connectivity index (χ2n) is 3.92. The number of ether oxygens (including phenoxy) is 1. The number of aromatic carboxylic acids is 1. The molecular formula is C14H13NO5. The van der Waals surface area contributed by atoms with Gasteiger partial charge < -0.3 is 19.6 Å². The van der Waals surface area contributed by atoms with Crippen LogP contribution in [0.3, 0.4) is 0 Å². The fourth-order valence-electron chi connectivity index (χ4n) is 1.59. The van der Waals surface area contributed by atoms with Gasteiger partial charge in [0.2, 0.25) is 0 Å². The first kappa shape index (κ1) is 13.7. The molecule has 0 atom stereocenters. The first-order valence-electron chi connectivity index (χ1n) is 5.96. The highest BCUT2D eigenvalue weighted by atomic mass is 16.5. The minimum atomic E-state index is -1.15. The average Bonchev–Trinajstić information content (AvgIpc) is 2.89. The van der Waals surface area contributed by atoms with Gasteiger partial charge in [0.15, 0.2) is 5.76 Å². The Hall–Kier alpha value is -2.76. The summed E-state index contributed by atoms with van der Waals surface area (Å²) < 4.78 is 10.2. The average molecular weight is 275 g/mol. The fourth-order valence-corrected chi connectivity index (χ4v) is 1.59. The number of carbonyl (C=O) groups is 2. The topological polar surface area (TPSA) is 88.8 Å². The molecule has 104 valence electrons. The molecule has 0 aliphatic heterocycles. The number of amides is 1. The molecule has 0 saturated heterocycles. The van der Waals surface area contributed by atoms with Crippen molar-refractivity contribution in [3.8, 4) is 5.75 Å². The summed E-state index contributed by atoms with van der Waals surface area (Å²) >= 11 is 0. The van der Waals surface area contributed by atoms with Gasteiger partial charge in [-0.25, -0.2) is 4.79 Å². The molecule has 0 aliphatic carbocycles. The van der Waals surface area contributed by atoms with Gasteiger partial charge in [-0.05, 0) is 19.1 Å². The Bertz CT molecular complexity index is 632. The van der Waals surface area contributed by atoms with E-state index >= 15 is 0 Å². The van der Waals surface area contributed by atoms with Crippen molar-refractivity contribution in [1.82, 2.24) is 0 Å². The minimum Gasteiger partial charge on any atom is -0.494 e. The van der Waals surface area contributed by atoms with Gasteiger partial charge in [-0.15, -0.1) is 0 Å². The van der Waals surface area contributed by atoms with Crippen LogP contribution in [0.5, 0.6) is 5.75 Å². The van der Waals surface area contributed by atoms with Crippen LogP contribution in [0.25, 0.3) is 0 Å². The Labute approximate surface area is 115 Å². The molecule has 0 spiro atoms. The summed E-state index contributed by atoms with van der Waals surface area (Å²) in [5.74, 6) is -1.10. The molecule has 2 aromatic rings.